The molecule has 1 aromatic rings. The first-order valence-electron chi connectivity index (χ1n) is 6.31. The Labute approximate surface area is 109 Å². The summed E-state index contributed by atoms with van der Waals surface area (Å²) in [7, 11) is 3.48. The van der Waals surface area contributed by atoms with E-state index >= 15 is 0 Å². The molecule has 4 nitrogen and oxygen atoms in total. The first kappa shape index (κ1) is 14.8. The number of nitrogens with one attached hydrogen (secondary N) is 1. The fourth-order valence-electron chi connectivity index (χ4n) is 2.05. The molecule has 1 aromatic heterocycles. The van der Waals surface area contributed by atoms with Crippen LogP contribution in [0.3, 0.4) is 0 Å². The molecule has 0 aliphatic carbocycles. The summed E-state index contributed by atoms with van der Waals surface area (Å²) in [5, 5.41) is 3.28. The Kier molecular flexibility index (Phi) is 4.96. The van der Waals surface area contributed by atoms with Crippen molar-refractivity contribution < 1.29 is 9.53 Å². The van der Waals surface area contributed by atoms with Crippen LogP contribution in [0.15, 0.2) is 6.07 Å². The fourth-order valence-corrected chi connectivity index (χ4v) is 2.05. The van der Waals surface area contributed by atoms with Gasteiger partial charge in [0, 0.05) is 25.0 Å². The molecule has 0 saturated carbocycles. The van der Waals surface area contributed by atoms with Crippen molar-refractivity contribution in [3.05, 3.63) is 23.0 Å². The molecule has 1 N–H and O–H groups in total. The van der Waals surface area contributed by atoms with E-state index in [4.69, 9.17) is 4.74 Å². The molecule has 1 atom stereocenters. The third-order valence-electron chi connectivity index (χ3n) is 3.51. The van der Waals surface area contributed by atoms with Gasteiger partial charge < -0.3 is 14.6 Å². The molecule has 0 saturated heterocycles. The van der Waals surface area contributed by atoms with Crippen molar-refractivity contribution in [2.24, 2.45) is 13.0 Å². The largest absolute Gasteiger partial charge is 0.468 e. The number of rotatable bonds is 5. The number of hydrogen-bond acceptors (Lipinski definition) is 3. The zero-order valence-corrected chi connectivity index (χ0v) is 12.2. The van der Waals surface area contributed by atoms with Gasteiger partial charge in [0.05, 0.1) is 7.11 Å². The Bertz CT molecular complexity index is 422. The van der Waals surface area contributed by atoms with Gasteiger partial charge in [-0.3, -0.25) is 4.79 Å². The smallest absolute Gasteiger partial charge is 0.323 e. The van der Waals surface area contributed by atoms with E-state index in [2.05, 4.69) is 36.8 Å². The van der Waals surface area contributed by atoms with Crippen LogP contribution in [0.5, 0.6) is 0 Å². The van der Waals surface area contributed by atoms with Gasteiger partial charge in [-0.25, -0.2) is 0 Å². The van der Waals surface area contributed by atoms with Crippen LogP contribution in [0.1, 0.15) is 30.8 Å². The topological polar surface area (TPSA) is 43.3 Å². The van der Waals surface area contributed by atoms with E-state index in [0.717, 1.165) is 0 Å². The summed E-state index contributed by atoms with van der Waals surface area (Å²) in [6, 6.07) is 1.90. The number of carbonyl (C=O) groups excluding carboxylic acids is 1. The van der Waals surface area contributed by atoms with Gasteiger partial charge in [-0.05, 0) is 31.4 Å². The number of esters is 1. The van der Waals surface area contributed by atoms with E-state index in [1.807, 2.05) is 13.8 Å². The van der Waals surface area contributed by atoms with Crippen LogP contribution in [-0.2, 0) is 23.1 Å². The molecule has 18 heavy (non-hydrogen) atoms. The van der Waals surface area contributed by atoms with Gasteiger partial charge >= 0.3 is 5.97 Å². The SMILES string of the molecule is COC(=O)C(NCc1cc(C)n(C)c1C)C(C)C. The van der Waals surface area contributed by atoms with Crippen molar-refractivity contribution in [1.29, 1.82) is 0 Å². The van der Waals surface area contributed by atoms with Crippen LogP contribution in [-0.4, -0.2) is 23.7 Å². The fraction of sp³-hybridized carbons (Fsp3) is 0.643. The number of aryl methyl sites for hydroxylation is 1. The number of methoxy groups -OCH3 is 1. The highest BCUT2D eigenvalue weighted by Gasteiger charge is 2.22. The maximum absolute atomic E-state index is 11.6. The molecule has 1 heterocycles. The molecule has 1 unspecified atom stereocenters. The molecule has 0 aliphatic heterocycles. The van der Waals surface area contributed by atoms with E-state index in [1.54, 1.807) is 0 Å². The molecule has 0 radical (unpaired) electrons. The average Bonchev–Trinajstić information content (AvgIpc) is 2.56. The molecular formula is C14H24N2O2. The highest BCUT2D eigenvalue weighted by Crippen LogP contribution is 2.14. The summed E-state index contributed by atoms with van der Waals surface area (Å²) in [4.78, 5) is 11.6. The molecule has 0 aromatic carbocycles. The molecule has 0 aliphatic rings. The number of ether oxygens (including phenoxy) is 1. The minimum absolute atomic E-state index is 0.199. The molecule has 0 bridgehead atoms. The molecule has 102 valence electrons. The van der Waals surface area contributed by atoms with Gasteiger partial charge in [0.25, 0.3) is 0 Å². The van der Waals surface area contributed by atoms with Gasteiger partial charge in [0.15, 0.2) is 0 Å². The van der Waals surface area contributed by atoms with Crippen LogP contribution < -0.4 is 5.32 Å². The second-order valence-electron chi connectivity index (χ2n) is 5.08. The third-order valence-corrected chi connectivity index (χ3v) is 3.51. The lowest BCUT2D eigenvalue weighted by atomic mass is 10.0. The lowest BCUT2D eigenvalue weighted by Crippen LogP contribution is -2.41. The minimum Gasteiger partial charge on any atom is -0.468 e. The number of aromatic nitrogens is 1. The normalized spacial score (nSPS) is 12.8. The Morgan fingerprint density at radius 3 is 2.44 bits per heavy atom. The third kappa shape index (κ3) is 3.13. The highest BCUT2D eigenvalue weighted by atomic mass is 16.5. The maximum Gasteiger partial charge on any atom is 0.323 e. The molecule has 0 amide bonds. The monoisotopic (exact) mass is 252 g/mol. The zero-order valence-electron chi connectivity index (χ0n) is 12.2. The van der Waals surface area contributed by atoms with Gasteiger partial charge in [-0.2, -0.15) is 0 Å². The van der Waals surface area contributed by atoms with E-state index < -0.39 is 0 Å². The lowest BCUT2D eigenvalue weighted by Gasteiger charge is -2.19. The Morgan fingerprint density at radius 1 is 1.44 bits per heavy atom. The van der Waals surface area contributed by atoms with E-state index in [0.29, 0.717) is 6.54 Å². The molecule has 0 fully saturated rings. The van der Waals surface area contributed by atoms with Crippen molar-refractivity contribution in [1.82, 2.24) is 9.88 Å². The second kappa shape index (κ2) is 6.05. The quantitative estimate of drug-likeness (QED) is 0.814. The molecule has 4 heteroatoms. The van der Waals surface area contributed by atoms with Crippen molar-refractivity contribution in [2.45, 2.75) is 40.3 Å². The number of nitrogens with zero attached hydrogens (tertiary/aromatic N) is 1. The van der Waals surface area contributed by atoms with Gasteiger partial charge in [0.1, 0.15) is 6.04 Å². The predicted octanol–water partition coefficient (Wildman–Crippen LogP) is 1.93. The standard InChI is InChI=1S/C14H24N2O2/c1-9(2)13(14(17)18-6)15-8-12-7-10(3)16(5)11(12)4/h7,9,13,15H,8H2,1-6H3. The number of hydrogen-bond donors (Lipinski definition) is 1. The summed E-state index contributed by atoms with van der Waals surface area (Å²) in [6.07, 6.45) is 0. The molecule has 0 spiro atoms. The minimum atomic E-state index is -0.255. The lowest BCUT2D eigenvalue weighted by molar-refractivity contribution is -0.144. The zero-order chi connectivity index (χ0) is 13.9. The summed E-state index contributed by atoms with van der Waals surface area (Å²) < 4.78 is 6.97. The summed E-state index contributed by atoms with van der Waals surface area (Å²) in [5.74, 6) is 0.0119. The molecule has 1 rings (SSSR count). The Hall–Kier alpha value is -1.29. The summed E-state index contributed by atoms with van der Waals surface area (Å²) in [5.41, 5.74) is 3.68. The van der Waals surface area contributed by atoms with E-state index in [9.17, 15) is 4.79 Å². The van der Waals surface area contributed by atoms with E-state index in [1.165, 1.54) is 24.1 Å². The molecular weight excluding hydrogens is 228 g/mol. The van der Waals surface area contributed by atoms with Crippen LogP contribution >= 0.6 is 0 Å². The van der Waals surface area contributed by atoms with Crippen LogP contribution in [0.2, 0.25) is 0 Å². The van der Waals surface area contributed by atoms with Gasteiger partial charge in [0.2, 0.25) is 0 Å². The first-order chi connectivity index (χ1) is 8.38. The Balaban J connectivity index is 2.73. The van der Waals surface area contributed by atoms with Gasteiger partial charge in [-0.1, -0.05) is 13.8 Å². The maximum atomic E-state index is 11.6. The summed E-state index contributed by atoms with van der Waals surface area (Å²) >= 11 is 0. The van der Waals surface area contributed by atoms with Crippen molar-refractivity contribution in [2.75, 3.05) is 7.11 Å². The predicted molar refractivity (Wildman–Crippen MR) is 72.4 cm³/mol. The van der Waals surface area contributed by atoms with Crippen molar-refractivity contribution >= 4 is 5.97 Å². The van der Waals surface area contributed by atoms with Crippen LogP contribution in [0.25, 0.3) is 0 Å². The van der Waals surface area contributed by atoms with Crippen LogP contribution in [0.4, 0.5) is 0 Å². The van der Waals surface area contributed by atoms with Crippen molar-refractivity contribution in [3.63, 3.8) is 0 Å². The average molecular weight is 252 g/mol. The first-order valence-corrected chi connectivity index (χ1v) is 6.31. The van der Waals surface area contributed by atoms with E-state index in [-0.39, 0.29) is 17.9 Å². The van der Waals surface area contributed by atoms with Crippen LogP contribution in [0, 0.1) is 19.8 Å². The second-order valence-corrected chi connectivity index (χ2v) is 5.08. The Morgan fingerprint density at radius 2 is 2.06 bits per heavy atom. The van der Waals surface area contributed by atoms with Crippen molar-refractivity contribution in [3.8, 4) is 0 Å². The number of carbonyl (C=O) groups is 1. The van der Waals surface area contributed by atoms with Gasteiger partial charge in [-0.15, -0.1) is 0 Å². The highest BCUT2D eigenvalue weighted by molar-refractivity contribution is 5.75. The summed E-state index contributed by atoms with van der Waals surface area (Å²) in [6.45, 7) is 8.88.